The van der Waals surface area contributed by atoms with Crippen LogP contribution >= 0.6 is 11.8 Å². The van der Waals surface area contributed by atoms with Gasteiger partial charge < -0.3 is 15.7 Å². The standard InChI is InChI=1S/C32H56N2O3S/c1-8-11-13-14-15-16-17-18-19-20-22-38-32(6,7)31(37)34-27(21-12-9-2)30(36)33-28-23-26(10-3)29(35)25(5)24(28)4/h23,27,35H,8-22H2,1-7H3,(H,33,36)(H,34,37). The number of unbranched alkanes of at least 4 members (excludes halogenated alkanes) is 10. The van der Waals surface area contributed by atoms with Crippen LogP contribution < -0.4 is 10.6 Å². The number of rotatable bonds is 20. The first kappa shape index (κ1) is 34.3. The van der Waals surface area contributed by atoms with Gasteiger partial charge >= 0.3 is 0 Å². The molecule has 1 aromatic carbocycles. The number of phenols is 1. The predicted octanol–water partition coefficient (Wildman–Crippen LogP) is 8.62. The van der Waals surface area contributed by atoms with Crippen LogP contribution in [0.3, 0.4) is 0 Å². The highest BCUT2D eigenvalue weighted by Crippen LogP contribution is 2.32. The summed E-state index contributed by atoms with van der Waals surface area (Å²) < 4.78 is -0.593. The van der Waals surface area contributed by atoms with Crippen LogP contribution in [0.2, 0.25) is 0 Å². The lowest BCUT2D eigenvalue weighted by molar-refractivity contribution is -0.127. The Labute approximate surface area is 237 Å². The maximum Gasteiger partial charge on any atom is 0.246 e. The topological polar surface area (TPSA) is 78.4 Å². The van der Waals surface area contributed by atoms with Gasteiger partial charge in [0.25, 0.3) is 0 Å². The summed E-state index contributed by atoms with van der Waals surface area (Å²) in [6.07, 6.45) is 16.1. The third-order valence-electron chi connectivity index (χ3n) is 7.56. The van der Waals surface area contributed by atoms with Gasteiger partial charge in [-0.15, -0.1) is 11.8 Å². The van der Waals surface area contributed by atoms with Gasteiger partial charge in [-0.1, -0.05) is 91.4 Å². The molecule has 0 spiro atoms. The Balaban J connectivity index is 2.60. The monoisotopic (exact) mass is 548 g/mol. The Kier molecular flexibility index (Phi) is 16.8. The molecule has 3 N–H and O–H groups in total. The fraction of sp³-hybridized carbons (Fsp3) is 0.750. The molecule has 0 aliphatic rings. The van der Waals surface area contributed by atoms with Crippen LogP contribution in [0.5, 0.6) is 5.75 Å². The molecule has 0 saturated heterocycles. The van der Waals surface area contributed by atoms with Crippen molar-refractivity contribution in [3.05, 3.63) is 22.8 Å². The van der Waals surface area contributed by atoms with Crippen molar-refractivity contribution in [3.63, 3.8) is 0 Å². The molecule has 0 aliphatic heterocycles. The Hall–Kier alpha value is -1.69. The fourth-order valence-corrected chi connectivity index (χ4v) is 5.63. The van der Waals surface area contributed by atoms with Crippen LogP contribution in [-0.2, 0) is 16.0 Å². The number of hydrogen-bond donors (Lipinski definition) is 3. The molecular formula is C32H56N2O3S. The minimum atomic E-state index is -0.593. The third kappa shape index (κ3) is 12.0. The summed E-state index contributed by atoms with van der Waals surface area (Å²) in [5.41, 5.74) is 3.13. The first-order valence-corrected chi connectivity index (χ1v) is 16.1. The zero-order chi connectivity index (χ0) is 28.6. The molecule has 0 saturated carbocycles. The van der Waals surface area contributed by atoms with Gasteiger partial charge in [-0.2, -0.15) is 0 Å². The second-order valence-electron chi connectivity index (χ2n) is 11.2. The number of carbonyl (C=O) groups is 2. The second-order valence-corrected chi connectivity index (χ2v) is 13.0. The van der Waals surface area contributed by atoms with Crippen LogP contribution in [-0.4, -0.2) is 33.5 Å². The van der Waals surface area contributed by atoms with E-state index in [1.807, 2.05) is 40.7 Å². The molecule has 1 rings (SSSR count). The SMILES string of the molecule is CCCCCCCCCCCCSC(C)(C)C(=O)NC(CCCC)C(=O)Nc1cc(CC)c(O)c(C)c1C. The molecule has 5 nitrogen and oxygen atoms in total. The Morgan fingerprint density at radius 1 is 0.868 bits per heavy atom. The highest BCUT2D eigenvalue weighted by molar-refractivity contribution is 8.01. The van der Waals surface area contributed by atoms with Crippen LogP contribution in [0.25, 0.3) is 0 Å². The molecule has 218 valence electrons. The quantitative estimate of drug-likeness (QED) is 0.113. The second kappa shape index (κ2) is 18.6. The minimum Gasteiger partial charge on any atom is -0.507 e. The number of thioether (sulfide) groups is 1. The summed E-state index contributed by atoms with van der Waals surface area (Å²) >= 11 is 1.69. The third-order valence-corrected chi connectivity index (χ3v) is 8.96. The number of aryl methyl sites for hydroxylation is 1. The molecule has 6 heteroatoms. The lowest BCUT2D eigenvalue weighted by atomic mass is 10.00. The summed E-state index contributed by atoms with van der Waals surface area (Å²) in [6, 6.07) is 1.26. The number of amides is 2. The summed E-state index contributed by atoms with van der Waals surface area (Å²) in [5, 5.41) is 16.5. The maximum absolute atomic E-state index is 13.3. The molecule has 0 radical (unpaired) electrons. The Morgan fingerprint density at radius 2 is 1.42 bits per heavy atom. The first-order chi connectivity index (χ1) is 18.1. The van der Waals surface area contributed by atoms with Crippen molar-refractivity contribution < 1.29 is 14.7 Å². The molecule has 1 atom stereocenters. The summed E-state index contributed by atoms with van der Waals surface area (Å²) in [5.74, 6) is 0.963. The van der Waals surface area contributed by atoms with Gasteiger partial charge in [-0.3, -0.25) is 9.59 Å². The van der Waals surface area contributed by atoms with Crippen LogP contribution in [0.1, 0.15) is 135 Å². The van der Waals surface area contributed by atoms with Gasteiger partial charge in [0.15, 0.2) is 0 Å². The normalized spacial score (nSPS) is 12.4. The van der Waals surface area contributed by atoms with Gasteiger partial charge in [0.2, 0.25) is 11.8 Å². The van der Waals surface area contributed by atoms with Crippen molar-refractivity contribution in [2.75, 3.05) is 11.1 Å². The van der Waals surface area contributed by atoms with E-state index in [2.05, 4.69) is 24.5 Å². The number of benzene rings is 1. The van der Waals surface area contributed by atoms with Gasteiger partial charge in [0.1, 0.15) is 11.8 Å². The molecule has 0 bridgehead atoms. The molecular weight excluding hydrogens is 492 g/mol. The number of anilines is 1. The lowest BCUT2D eigenvalue weighted by Crippen LogP contribution is -2.50. The molecule has 2 amide bonds. The molecule has 0 fully saturated rings. The molecule has 1 aromatic rings. The van der Waals surface area contributed by atoms with E-state index in [4.69, 9.17) is 0 Å². The van der Waals surface area contributed by atoms with Gasteiger partial charge in [-0.05, 0) is 75.5 Å². The zero-order valence-corrected chi connectivity index (χ0v) is 26.2. The lowest BCUT2D eigenvalue weighted by Gasteiger charge is -2.27. The van der Waals surface area contributed by atoms with Gasteiger partial charge in [0.05, 0.1) is 4.75 Å². The van der Waals surface area contributed by atoms with Crippen molar-refractivity contribution in [1.82, 2.24) is 5.32 Å². The number of hydrogen-bond acceptors (Lipinski definition) is 4. The van der Waals surface area contributed by atoms with Crippen molar-refractivity contribution in [2.24, 2.45) is 0 Å². The largest absolute Gasteiger partial charge is 0.507 e. The molecule has 38 heavy (non-hydrogen) atoms. The van der Waals surface area contributed by atoms with E-state index in [9.17, 15) is 14.7 Å². The van der Waals surface area contributed by atoms with E-state index in [-0.39, 0.29) is 11.8 Å². The predicted molar refractivity (Wildman–Crippen MR) is 165 cm³/mol. The highest BCUT2D eigenvalue weighted by atomic mass is 32.2. The van der Waals surface area contributed by atoms with E-state index in [0.717, 1.165) is 41.7 Å². The number of carbonyl (C=O) groups excluding carboxylic acids is 2. The number of aromatic hydroxyl groups is 1. The van der Waals surface area contributed by atoms with E-state index < -0.39 is 10.8 Å². The average Bonchev–Trinajstić information content (AvgIpc) is 2.89. The molecule has 0 heterocycles. The van der Waals surface area contributed by atoms with Crippen LogP contribution in [0.15, 0.2) is 6.07 Å². The average molecular weight is 549 g/mol. The highest BCUT2D eigenvalue weighted by Gasteiger charge is 2.31. The van der Waals surface area contributed by atoms with Crippen molar-refractivity contribution >= 4 is 29.3 Å². The first-order valence-electron chi connectivity index (χ1n) is 15.2. The summed E-state index contributed by atoms with van der Waals surface area (Å²) in [6.45, 7) is 14.0. The maximum atomic E-state index is 13.3. The fourth-order valence-electron chi connectivity index (χ4n) is 4.58. The van der Waals surface area contributed by atoms with E-state index in [1.54, 1.807) is 11.8 Å². The Morgan fingerprint density at radius 3 is 1.97 bits per heavy atom. The minimum absolute atomic E-state index is 0.0845. The summed E-state index contributed by atoms with van der Waals surface area (Å²) in [4.78, 5) is 26.5. The number of phenolic OH excluding ortho intramolecular Hbond substituents is 1. The van der Waals surface area contributed by atoms with Crippen molar-refractivity contribution in [1.29, 1.82) is 0 Å². The molecule has 0 aliphatic carbocycles. The van der Waals surface area contributed by atoms with E-state index in [0.29, 0.717) is 24.3 Å². The Bertz CT molecular complexity index is 854. The molecule has 0 aromatic heterocycles. The molecule has 1 unspecified atom stereocenters. The zero-order valence-electron chi connectivity index (χ0n) is 25.4. The van der Waals surface area contributed by atoms with E-state index >= 15 is 0 Å². The van der Waals surface area contributed by atoms with Gasteiger partial charge in [0, 0.05) is 5.69 Å². The van der Waals surface area contributed by atoms with E-state index in [1.165, 1.54) is 57.8 Å². The van der Waals surface area contributed by atoms with Crippen molar-refractivity contribution in [3.8, 4) is 5.75 Å². The van der Waals surface area contributed by atoms with Crippen LogP contribution in [0.4, 0.5) is 5.69 Å². The summed E-state index contributed by atoms with van der Waals surface area (Å²) in [7, 11) is 0. The number of nitrogens with one attached hydrogen (secondary N) is 2. The van der Waals surface area contributed by atoms with Gasteiger partial charge in [-0.25, -0.2) is 0 Å². The smallest absolute Gasteiger partial charge is 0.246 e. The van der Waals surface area contributed by atoms with Crippen LogP contribution in [0, 0.1) is 13.8 Å². The van der Waals surface area contributed by atoms with Crippen molar-refractivity contribution in [2.45, 2.75) is 149 Å².